The van der Waals surface area contributed by atoms with Gasteiger partial charge < -0.3 is 10.1 Å². The van der Waals surface area contributed by atoms with Gasteiger partial charge in [-0.05, 0) is 0 Å². The van der Waals surface area contributed by atoms with Crippen molar-refractivity contribution in [3.63, 3.8) is 0 Å². The van der Waals surface area contributed by atoms with Crippen molar-refractivity contribution in [2.75, 3.05) is 0 Å². The maximum atomic E-state index is 10.5. The Morgan fingerprint density at radius 1 is 1.50 bits per heavy atom. The van der Waals surface area contributed by atoms with E-state index in [1.165, 1.54) is 0 Å². The monoisotopic (exact) mass is 179 g/mol. The van der Waals surface area contributed by atoms with Crippen LogP contribution in [0.3, 0.4) is 0 Å². The highest BCUT2D eigenvalue weighted by Gasteiger charge is 2.03. The van der Waals surface area contributed by atoms with Crippen LogP contribution < -0.4 is 5.56 Å². The van der Waals surface area contributed by atoms with Crippen LogP contribution in [0.15, 0.2) is 10.9 Å². The second-order valence-electron chi connectivity index (χ2n) is 1.65. The Labute approximate surface area is 66.2 Å². The summed E-state index contributed by atoms with van der Waals surface area (Å²) < 4.78 is 0. The molecule has 10 heavy (non-hydrogen) atoms. The molecule has 1 heterocycles. The molecule has 2 N–H and O–H groups in total. The van der Waals surface area contributed by atoms with Crippen LogP contribution in [0.1, 0.15) is 0 Å². The molecule has 0 atom stereocenters. The molecular weight excluding hydrogens is 177 g/mol. The van der Waals surface area contributed by atoms with Crippen molar-refractivity contribution in [1.82, 2.24) is 4.98 Å². The van der Waals surface area contributed by atoms with Crippen molar-refractivity contribution < 1.29 is 5.11 Å². The zero-order valence-corrected chi connectivity index (χ0v) is 6.20. The molecule has 0 fully saturated rings. The van der Waals surface area contributed by atoms with E-state index in [0.29, 0.717) is 0 Å². The highest BCUT2D eigenvalue weighted by atomic mass is 35.5. The molecule has 0 radical (unpaired) electrons. The molecule has 1 rings (SSSR count). The van der Waals surface area contributed by atoms with E-state index in [1.54, 1.807) is 0 Å². The van der Waals surface area contributed by atoms with Crippen molar-refractivity contribution >= 4 is 23.2 Å². The van der Waals surface area contributed by atoms with Crippen LogP contribution in [0, 0.1) is 0 Å². The number of aromatic amines is 1. The molecule has 1 aromatic heterocycles. The number of hydrogen-bond donors (Lipinski definition) is 2. The highest BCUT2D eigenvalue weighted by molar-refractivity contribution is 6.42. The lowest BCUT2D eigenvalue weighted by molar-refractivity contribution is 0.474. The molecule has 3 nitrogen and oxygen atoms in total. The van der Waals surface area contributed by atoms with Crippen LogP contribution in [-0.2, 0) is 0 Å². The van der Waals surface area contributed by atoms with Crippen LogP contribution in [0.25, 0.3) is 0 Å². The Morgan fingerprint density at radius 3 is 2.60 bits per heavy atom. The first-order valence-corrected chi connectivity index (χ1v) is 3.14. The molecule has 54 valence electrons. The van der Waals surface area contributed by atoms with E-state index in [2.05, 4.69) is 4.98 Å². The zero-order chi connectivity index (χ0) is 7.72. The minimum absolute atomic E-state index is 0.0405. The van der Waals surface area contributed by atoms with Gasteiger partial charge in [-0.1, -0.05) is 23.2 Å². The minimum atomic E-state index is -0.480. The van der Waals surface area contributed by atoms with Gasteiger partial charge in [-0.15, -0.1) is 0 Å². The molecule has 5 heteroatoms. The highest BCUT2D eigenvalue weighted by Crippen LogP contribution is 2.26. The Hall–Kier alpha value is -0.670. The Kier molecular flexibility index (Phi) is 1.87. The van der Waals surface area contributed by atoms with Crippen molar-refractivity contribution in [3.05, 3.63) is 26.6 Å². The fourth-order valence-electron chi connectivity index (χ4n) is 0.499. The third-order valence-corrected chi connectivity index (χ3v) is 1.68. The SMILES string of the molecule is O=c1cc(O)c(Cl)c(Cl)[nH]1. The molecule has 0 aromatic carbocycles. The summed E-state index contributed by atoms with van der Waals surface area (Å²) in [6.45, 7) is 0. The maximum Gasteiger partial charge on any atom is 0.252 e. The van der Waals surface area contributed by atoms with Crippen molar-refractivity contribution in [1.29, 1.82) is 0 Å². The Bertz CT molecular complexity index is 281. The number of halogens is 2. The van der Waals surface area contributed by atoms with Gasteiger partial charge in [0.2, 0.25) is 0 Å². The summed E-state index contributed by atoms with van der Waals surface area (Å²) in [6.07, 6.45) is 0. The Morgan fingerprint density at radius 2 is 2.10 bits per heavy atom. The molecule has 0 aliphatic rings. The average molecular weight is 180 g/mol. The van der Waals surface area contributed by atoms with E-state index in [1.807, 2.05) is 0 Å². The van der Waals surface area contributed by atoms with Crippen LogP contribution in [0.5, 0.6) is 5.75 Å². The van der Waals surface area contributed by atoms with Gasteiger partial charge in [-0.3, -0.25) is 4.79 Å². The fraction of sp³-hybridized carbons (Fsp3) is 0. The number of rotatable bonds is 0. The quantitative estimate of drug-likeness (QED) is 0.592. The number of H-pyrrole nitrogens is 1. The largest absolute Gasteiger partial charge is 0.506 e. The van der Waals surface area contributed by atoms with Gasteiger partial charge in [0, 0.05) is 6.07 Å². The zero-order valence-electron chi connectivity index (χ0n) is 4.69. The van der Waals surface area contributed by atoms with Gasteiger partial charge in [-0.2, -0.15) is 0 Å². The number of aromatic nitrogens is 1. The standard InChI is InChI=1S/C5H3Cl2NO2/c6-4-2(9)1-3(10)8-5(4)7/h1H,(H2,8,9,10). The molecule has 0 saturated heterocycles. The summed E-state index contributed by atoms with van der Waals surface area (Å²) in [5, 5.41) is 8.75. The first kappa shape index (κ1) is 7.44. The van der Waals surface area contributed by atoms with Crippen LogP contribution >= 0.6 is 23.2 Å². The third kappa shape index (κ3) is 1.25. The van der Waals surface area contributed by atoms with Gasteiger partial charge in [-0.25, -0.2) is 0 Å². The Balaban J connectivity index is 3.46. The molecule has 0 unspecified atom stereocenters. The lowest BCUT2D eigenvalue weighted by Crippen LogP contribution is -2.02. The van der Waals surface area contributed by atoms with E-state index >= 15 is 0 Å². The lowest BCUT2D eigenvalue weighted by Gasteiger charge is -1.95. The van der Waals surface area contributed by atoms with Crippen molar-refractivity contribution in [2.45, 2.75) is 0 Å². The van der Waals surface area contributed by atoms with Gasteiger partial charge in [0.25, 0.3) is 5.56 Å². The second-order valence-corrected chi connectivity index (χ2v) is 2.40. The average Bonchev–Trinajstić information content (AvgIpc) is 1.82. The number of aromatic hydroxyl groups is 1. The van der Waals surface area contributed by atoms with Gasteiger partial charge in [0.1, 0.15) is 15.9 Å². The van der Waals surface area contributed by atoms with E-state index in [0.717, 1.165) is 6.07 Å². The minimum Gasteiger partial charge on any atom is -0.506 e. The third-order valence-electron chi connectivity index (χ3n) is 0.918. The van der Waals surface area contributed by atoms with E-state index in [-0.39, 0.29) is 15.9 Å². The molecule has 0 spiro atoms. The van der Waals surface area contributed by atoms with Gasteiger partial charge in [0.15, 0.2) is 0 Å². The number of hydrogen-bond acceptors (Lipinski definition) is 2. The summed E-state index contributed by atoms with van der Waals surface area (Å²) in [7, 11) is 0. The van der Waals surface area contributed by atoms with Crippen molar-refractivity contribution in [3.8, 4) is 5.75 Å². The predicted molar refractivity (Wildman–Crippen MR) is 38.7 cm³/mol. The summed E-state index contributed by atoms with van der Waals surface area (Å²) in [5.41, 5.74) is -0.480. The first-order chi connectivity index (χ1) is 4.61. The second kappa shape index (κ2) is 2.52. The normalized spacial score (nSPS) is 9.80. The van der Waals surface area contributed by atoms with Crippen molar-refractivity contribution in [2.24, 2.45) is 0 Å². The smallest absolute Gasteiger partial charge is 0.252 e. The first-order valence-electron chi connectivity index (χ1n) is 2.38. The molecule has 0 saturated carbocycles. The predicted octanol–water partition coefficient (Wildman–Crippen LogP) is 1.39. The molecule has 0 bridgehead atoms. The topological polar surface area (TPSA) is 53.1 Å². The summed E-state index contributed by atoms with van der Waals surface area (Å²) in [6, 6.07) is 0.953. The van der Waals surface area contributed by atoms with Gasteiger partial charge in [0.05, 0.1) is 0 Å². The van der Waals surface area contributed by atoms with Crippen LogP contribution in [0.4, 0.5) is 0 Å². The van der Waals surface area contributed by atoms with E-state index in [9.17, 15) is 4.79 Å². The molecule has 0 amide bonds. The van der Waals surface area contributed by atoms with E-state index < -0.39 is 5.56 Å². The number of nitrogens with one attached hydrogen (secondary N) is 1. The lowest BCUT2D eigenvalue weighted by atomic mass is 10.4. The number of pyridine rings is 1. The molecular formula is C5H3Cl2NO2. The molecule has 0 aliphatic heterocycles. The summed E-state index contributed by atoms with van der Waals surface area (Å²) >= 11 is 10.8. The molecule has 0 aliphatic carbocycles. The maximum absolute atomic E-state index is 10.5. The summed E-state index contributed by atoms with van der Waals surface area (Å²) in [5.74, 6) is -0.310. The van der Waals surface area contributed by atoms with Gasteiger partial charge >= 0.3 is 0 Å². The van der Waals surface area contributed by atoms with E-state index in [4.69, 9.17) is 28.3 Å². The van der Waals surface area contributed by atoms with Crippen LogP contribution in [-0.4, -0.2) is 10.1 Å². The van der Waals surface area contributed by atoms with Crippen LogP contribution in [0.2, 0.25) is 10.2 Å². The summed E-state index contributed by atoms with van der Waals surface area (Å²) in [4.78, 5) is 12.7. The molecule has 1 aromatic rings. The fourth-order valence-corrected chi connectivity index (χ4v) is 0.791.